The zero-order valence-electron chi connectivity index (χ0n) is 27.3. The molecule has 0 spiro atoms. The molecule has 0 aromatic carbocycles. The largest absolute Gasteiger partial charge is 1.00 e. The Morgan fingerprint density at radius 2 is 0.780 bits per heavy atom. The van der Waals surface area contributed by atoms with Gasteiger partial charge in [0.15, 0.2) is 0 Å². The predicted octanol–water partition coefficient (Wildman–Crippen LogP) is 0.529. The van der Waals surface area contributed by atoms with Crippen LogP contribution in [0.15, 0.2) is 0 Å². The zero-order chi connectivity index (χ0) is 29.6. The molecule has 1 unspecified atom stereocenters. The van der Waals surface area contributed by atoms with Gasteiger partial charge in [-0.05, 0) is 19.8 Å². The second kappa shape index (κ2) is 27.2. The van der Waals surface area contributed by atoms with Crippen molar-refractivity contribution >= 4 is 22.1 Å². The Kier molecular flexibility index (Phi) is 30.7. The number of hydrogen-bond donors (Lipinski definition) is 1. The second-order valence-corrected chi connectivity index (χ2v) is 13.5. The van der Waals surface area contributed by atoms with Crippen LogP contribution in [0.1, 0.15) is 175 Å². The van der Waals surface area contributed by atoms with Crippen LogP contribution in [0.25, 0.3) is 0 Å². The third-order valence-corrected chi connectivity index (χ3v) is 10.2. The molecule has 0 saturated heterocycles. The minimum absolute atomic E-state index is 0. The Balaban J connectivity index is -0.00000722. The standard InChI is InChI=1S/C31H60O7S.2Na/c1-4-6-8-10-12-14-16-18-20-22-24-26-31(29(34)35,30(3,28(32)33)39(36,37)38)27-25-23-21-19-17-15-13-11-9-7-5-2;;/h4-27H2,1-3H3,(H,32,33)(H,34,35)(H,36,37,38);;/q;2*+1/p-2. The summed E-state index contributed by atoms with van der Waals surface area (Å²) in [6, 6.07) is 0. The molecule has 0 aliphatic heterocycles. The van der Waals surface area contributed by atoms with E-state index in [9.17, 15) is 32.8 Å². The Bertz CT molecular complexity index is 736. The maximum Gasteiger partial charge on any atom is 1.00 e. The van der Waals surface area contributed by atoms with Gasteiger partial charge in [0, 0.05) is 11.4 Å². The normalized spacial score (nSPS) is 13.2. The summed E-state index contributed by atoms with van der Waals surface area (Å²) in [7, 11) is -5.28. The number of carboxylic acid groups (broad SMARTS) is 2. The zero-order valence-corrected chi connectivity index (χ0v) is 32.1. The fourth-order valence-corrected chi connectivity index (χ4v) is 6.72. The van der Waals surface area contributed by atoms with Gasteiger partial charge in [-0.3, -0.25) is 4.55 Å². The van der Waals surface area contributed by atoms with Crippen LogP contribution in [0.4, 0.5) is 0 Å². The molecule has 0 fully saturated rings. The average molecular weight is 621 g/mol. The van der Waals surface area contributed by atoms with Crippen molar-refractivity contribution in [2.75, 3.05) is 0 Å². The second-order valence-electron chi connectivity index (χ2n) is 11.7. The Labute approximate surface area is 296 Å². The van der Waals surface area contributed by atoms with Crippen molar-refractivity contribution in [3.05, 3.63) is 0 Å². The van der Waals surface area contributed by atoms with E-state index in [-0.39, 0.29) is 72.0 Å². The van der Waals surface area contributed by atoms with Crippen molar-refractivity contribution in [1.82, 2.24) is 0 Å². The van der Waals surface area contributed by atoms with E-state index in [1.165, 1.54) is 64.2 Å². The van der Waals surface area contributed by atoms with Gasteiger partial charge in [-0.2, -0.15) is 8.42 Å². The summed E-state index contributed by atoms with van der Waals surface area (Å²) in [5.74, 6) is -3.84. The van der Waals surface area contributed by atoms with E-state index in [1.54, 1.807) is 0 Å². The number of unbranched alkanes of at least 4 members (excludes halogenated alkanes) is 20. The molecule has 1 N–H and O–H groups in total. The molecule has 232 valence electrons. The third kappa shape index (κ3) is 17.8. The summed E-state index contributed by atoms with van der Waals surface area (Å²) in [4.78, 5) is 24.5. The molecule has 0 aliphatic rings. The van der Waals surface area contributed by atoms with E-state index >= 15 is 0 Å². The van der Waals surface area contributed by atoms with E-state index in [1.807, 2.05) is 0 Å². The molecule has 0 aliphatic carbocycles. The molecule has 0 bridgehead atoms. The average Bonchev–Trinajstić information content (AvgIpc) is 2.87. The number of carbonyl (C=O) groups is 2. The van der Waals surface area contributed by atoms with Gasteiger partial charge in [-0.1, -0.05) is 155 Å². The number of hydrogen-bond acceptors (Lipinski definition) is 6. The maximum atomic E-state index is 12.5. The fraction of sp³-hybridized carbons (Fsp3) is 0.935. The molecule has 0 aromatic heterocycles. The Morgan fingerprint density at radius 3 is 0.976 bits per heavy atom. The van der Waals surface area contributed by atoms with E-state index in [2.05, 4.69) is 13.8 Å². The fourth-order valence-electron chi connectivity index (χ4n) is 5.73. The number of carboxylic acids is 2. The first-order valence-electron chi connectivity index (χ1n) is 15.9. The van der Waals surface area contributed by atoms with Gasteiger partial charge in [0.25, 0.3) is 10.1 Å². The molecule has 0 aromatic rings. The molecule has 7 nitrogen and oxygen atoms in total. The summed E-state index contributed by atoms with van der Waals surface area (Å²) < 4.78 is 31.5. The minimum atomic E-state index is -5.28. The summed E-state index contributed by atoms with van der Waals surface area (Å²) in [5, 5.41) is 24.5. The van der Waals surface area contributed by atoms with Crippen LogP contribution >= 0.6 is 0 Å². The SMILES string of the molecule is CCCCCCCCCCCCCC(CCCCCCCCCCCCC)(C(=O)[O-])C(C)(C(=O)[O-])S(=O)(=O)O.[Na+].[Na+]. The van der Waals surface area contributed by atoms with Gasteiger partial charge < -0.3 is 19.8 Å². The summed E-state index contributed by atoms with van der Waals surface area (Å²) >= 11 is 0. The maximum absolute atomic E-state index is 12.5. The van der Waals surface area contributed by atoms with E-state index in [0.717, 1.165) is 58.3 Å². The molecular formula is C31H58Na2O7S. The molecule has 10 heteroatoms. The first-order chi connectivity index (χ1) is 18.5. The van der Waals surface area contributed by atoms with Crippen molar-refractivity contribution in [3.8, 4) is 0 Å². The predicted molar refractivity (Wildman–Crippen MR) is 155 cm³/mol. The first-order valence-corrected chi connectivity index (χ1v) is 17.3. The Hall–Kier alpha value is 0.850. The van der Waals surface area contributed by atoms with E-state index < -0.39 is 32.2 Å². The molecule has 0 rings (SSSR count). The molecule has 0 heterocycles. The topological polar surface area (TPSA) is 135 Å². The van der Waals surface area contributed by atoms with Crippen LogP contribution in [0.2, 0.25) is 0 Å². The van der Waals surface area contributed by atoms with Crippen LogP contribution in [0.3, 0.4) is 0 Å². The molecule has 0 amide bonds. The van der Waals surface area contributed by atoms with Gasteiger partial charge in [0.2, 0.25) is 0 Å². The first kappa shape index (κ1) is 46.3. The molecule has 0 radical (unpaired) electrons. The Morgan fingerprint density at radius 1 is 0.537 bits per heavy atom. The van der Waals surface area contributed by atoms with Crippen molar-refractivity contribution in [2.45, 2.75) is 180 Å². The van der Waals surface area contributed by atoms with Crippen LogP contribution in [0, 0.1) is 5.41 Å². The van der Waals surface area contributed by atoms with E-state index in [4.69, 9.17) is 0 Å². The molecule has 41 heavy (non-hydrogen) atoms. The molecule has 1 atom stereocenters. The van der Waals surface area contributed by atoms with Crippen LogP contribution < -0.4 is 69.3 Å². The number of aliphatic carboxylic acids is 2. The quantitative estimate of drug-likeness (QED) is 0.0766. The smallest absolute Gasteiger partial charge is 0.549 e. The van der Waals surface area contributed by atoms with Gasteiger partial charge >= 0.3 is 59.1 Å². The summed E-state index contributed by atoms with van der Waals surface area (Å²) in [6.45, 7) is 5.15. The van der Waals surface area contributed by atoms with Crippen molar-refractivity contribution in [3.63, 3.8) is 0 Å². The van der Waals surface area contributed by atoms with Gasteiger partial charge in [0.05, 0.1) is 5.97 Å². The number of rotatable bonds is 28. The minimum Gasteiger partial charge on any atom is -0.549 e. The van der Waals surface area contributed by atoms with Crippen molar-refractivity contribution in [1.29, 1.82) is 0 Å². The van der Waals surface area contributed by atoms with Crippen LogP contribution in [0.5, 0.6) is 0 Å². The summed E-state index contributed by atoms with van der Waals surface area (Å²) in [6.07, 6.45) is 22.4. The van der Waals surface area contributed by atoms with Gasteiger partial charge in [0.1, 0.15) is 4.75 Å². The number of carbonyl (C=O) groups excluding carboxylic acids is 2. The van der Waals surface area contributed by atoms with E-state index in [0.29, 0.717) is 25.7 Å². The van der Waals surface area contributed by atoms with Gasteiger partial charge in [-0.15, -0.1) is 0 Å². The molecular weight excluding hydrogens is 562 g/mol. The van der Waals surface area contributed by atoms with Crippen molar-refractivity contribution < 1.29 is 91.9 Å². The van der Waals surface area contributed by atoms with Gasteiger partial charge in [-0.25, -0.2) is 0 Å². The molecule has 0 saturated carbocycles. The van der Waals surface area contributed by atoms with Crippen molar-refractivity contribution in [2.24, 2.45) is 5.41 Å². The monoisotopic (exact) mass is 620 g/mol. The summed E-state index contributed by atoms with van der Waals surface area (Å²) in [5.41, 5.74) is -2.25. The van der Waals surface area contributed by atoms with Crippen LogP contribution in [-0.4, -0.2) is 29.7 Å². The van der Waals surface area contributed by atoms with Crippen LogP contribution in [-0.2, 0) is 19.7 Å². The third-order valence-electron chi connectivity index (χ3n) is 8.62.